The number of hydrogen-bond acceptors (Lipinski definition) is 4. The number of hydrogen-bond donors (Lipinski definition) is 1. The van der Waals surface area contributed by atoms with E-state index in [2.05, 4.69) is 46.7 Å². The number of allylic oxidation sites excluding steroid dienone is 1. The Morgan fingerprint density at radius 1 is 1.19 bits per heavy atom. The lowest BCUT2D eigenvalue weighted by molar-refractivity contribution is 0.626. The monoisotopic (exact) mass is 416 g/mol. The summed E-state index contributed by atoms with van der Waals surface area (Å²) in [5.74, 6) is 1.49. The fourth-order valence-corrected chi connectivity index (χ4v) is 4.50. The highest BCUT2D eigenvalue weighted by atomic mass is 19.1. The molecule has 3 heterocycles. The van der Waals surface area contributed by atoms with Crippen molar-refractivity contribution in [1.82, 2.24) is 24.3 Å². The number of halogens is 1. The van der Waals surface area contributed by atoms with Crippen molar-refractivity contribution in [1.29, 1.82) is 0 Å². The first kappa shape index (κ1) is 19.5. The molecular weight excluding hydrogens is 391 g/mol. The Morgan fingerprint density at radius 2 is 1.97 bits per heavy atom. The standard InChI is InChI=1S/C24H25FN6/c1-4-20-28-22-23(21-14(2)6-5-7-19(21)27-24(22)26)30(20)13-18-12-15(3)29-31(18)17-10-8-16(25)9-11-17/h5,7-12,14H,4,6,13H2,1-3H3,(H2,26,27). The number of nitrogens with two attached hydrogens (primary N) is 1. The van der Waals surface area contributed by atoms with Gasteiger partial charge in [0.2, 0.25) is 0 Å². The fourth-order valence-electron chi connectivity index (χ4n) is 4.50. The quantitative estimate of drug-likeness (QED) is 0.520. The van der Waals surface area contributed by atoms with Crippen LogP contribution in [0.3, 0.4) is 0 Å². The smallest absolute Gasteiger partial charge is 0.152 e. The van der Waals surface area contributed by atoms with Crippen LogP contribution in [0.2, 0.25) is 0 Å². The predicted octanol–water partition coefficient (Wildman–Crippen LogP) is 4.78. The van der Waals surface area contributed by atoms with Crippen LogP contribution in [0.15, 0.2) is 36.4 Å². The largest absolute Gasteiger partial charge is 0.382 e. The summed E-state index contributed by atoms with van der Waals surface area (Å²) in [7, 11) is 0. The van der Waals surface area contributed by atoms with Gasteiger partial charge in [0.05, 0.1) is 34.8 Å². The van der Waals surface area contributed by atoms with Gasteiger partial charge in [-0.15, -0.1) is 0 Å². The third-order valence-electron chi connectivity index (χ3n) is 5.93. The zero-order chi connectivity index (χ0) is 21.7. The summed E-state index contributed by atoms with van der Waals surface area (Å²) in [4.78, 5) is 9.49. The van der Waals surface area contributed by atoms with Gasteiger partial charge in [-0.1, -0.05) is 19.9 Å². The second-order valence-electron chi connectivity index (χ2n) is 8.17. The van der Waals surface area contributed by atoms with E-state index in [1.165, 1.54) is 17.7 Å². The fraction of sp³-hybridized carbons (Fsp3) is 0.292. The Kier molecular flexibility index (Phi) is 4.61. The van der Waals surface area contributed by atoms with Crippen LogP contribution in [0.25, 0.3) is 22.8 Å². The van der Waals surface area contributed by atoms with Crippen molar-refractivity contribution in [2.24, 2.45) is 0 Å². The molecule has 0 bridgehead atoms. The van der Waals surface area contributed by atoms with Gasteiger partial charge in [-0.05, 0) is 55.7 Å². The van der Waals surface area contributed by atoms with Crippen LogP contribution in [0.4, 0.5) is 10.2 Å². The number of pyridine rings is 1. The molecule has 2 N–H and O–H groups in total. The molecule has 1 aliphatic carbocycles. The average molecular weight is 417 g/mol. The number of nitrogen functional groups attached to an aromatic ring is 1. The molecule has 0 amide bonds. The number of aryl methyl sites for hydroxylation is 2. The Bertz CT molecular complexity index is 1310. The lowest BCUT2D eigenvalue weighted by Crippen LogP contribution is -2.13. The molecule has 6 nitrogen and oxygen atoms in total. The van der Waals surface area contributed by atoms with Crippen LogP contribution in [-0.2, 0) is 13.0 Å². The van der Waals surface area contributed by atoms with Crippen molar-refractivity contribution in [3.05, 3.63) is 70.7 Å². The molecule has 0 aliphatic heterocycles. The molecule has 3 aromatic heterocycles. The second kappa shape index (κ2) is 7.34. The Hall–Kier alpha value is -3.48. The van der Waals surface area contributed by atoms with E-state index in [4.69, 9.17) is 10.7 Å². The van der Waals surface area contributed by atoms with Crippen LogP contribution in [-0.4, -0.2) is 24.3 Å². The topological polar surface area (TPSA) is 74.6 Å². The van der Waals surface area contributed by atoms with Crippen LogP contribution in [0.1, 0.15) is 54.7 Å². The van der Waals surface area contributed by atoms with E-state index in [0.29, 0.717) is 18.3 Å². The number of benzene rings is 1. The Morgan fingerprint density at radius 3 is 2.71 bits per heavy atom. The number of aromatic nitrogens is 5. The molecule has 0 saturated carbocycles. The molecule has 1 atom stereocenters. The van der Waals surface area contributed by atoms with Gasteiger partial charge >= 0.3 is 0 Å². The second-order valence-corrected chi connectivity index (χ2v) is 8.17. The molecule has 1 aliphatic rings. The first-order valence-corrected chi connectivity index (χ1v) is 10.6. The van der Waals surface area contributed by atoms with Gasteiger partial charge in [0.1, 0.15) is 17.2 Å². The van der Waals surface area contributed by atoms with Crippen LogP contribution >= 0.6 is 0 Å². The van der Waals surface area contributed by atoms with Crippen LogP contribution in [0.5, 0.6) is 0 Å². The van der Waals surface area contributed by atoms with Crippen molar-refractivity contribution in [3.8, 4) is 5.69 Å². The van der Waals surface area contributed by atoms with Crippen molar-refractivity contribution in [2.75, 3.05) is 5.73 Å². The van der Waals surface area contributed by atoms with Gasteiger partial charge in [-0.2, -0.15) is 5.10 Å². The normalized spacial score (nSPS) is 15.5. The molecule has 0 radical (unpaired) electrons. The number of imidazole rings is 1. The zero-order valence-corrected chi connectivity index (χ0v) is 17.9. The first-order valence-electron chi connectivity index (χ1n) is 10.6. The maximum Gasteiger partial charge on any atom is 0.152 e. The Labute approximate surface area is 180 Å². The summed E-state index contributed by atoms with van der Waals surface area (Å²) in [5.41, 5.74) is 13.0. The summed E-state index contributed by atoms with van der Waals surface area (Å²) in [6, 6.07) is 8.46. The van der Waals surface area contributed by atoms with Gasteiger partial charge in [0, 0.05) is 12.0 Å². The molecule has 1 unspecified atom stereocenters. The van der Waals surface area contributed by atoms with Crippen molar-refractivity contribution >= 4 is 22.9 Å². The minimum atomic E-state index is -0.264. The highest BCUT2D eigenvalue weighted by Gasteiger charge is 2.25. The van der Waals surface area contributed by atoms with Crippen LogP contribution in [0, 0.1) is 12.7 Å². The molecule has 4 aromatic rings. The van der Waals surface area contributed by atoms with Gasteiger partial charge < -0.3 is 10.3 Å². The molecule has 1 aromatic carbocycles. The highest BCUT2D eigenvalue weighted by molar-refractivity contribution is 5.91. The average Bonchev–Trinajstić information content (AvgIpc) is 3.30. The SMILES string of the molecule is CCc1nc2c(N)nc3c(c2n1Cc1cc(C)nn1-c1ccc(F)cc1)C(C)CC=C3. The Balaban J connectivity index is 1.71. The van der Waals surface area contributed by atoms with E-state index in [-0.39, 0.29) is 5.82 Å². The van der Waals surface area contributed by atoms with E-state index < -0.39 is 0 Å². The number of fused-ring (bicyclic) bond motifs is 3. The van der Waals surface area contributed by atoms with Crippen molar-refractivity contribution in [2.45, 2.75) is 46.1 Å². The summed E-state index contributed by atoms with van der Waals surface area (Å²) >= 11 is 0. The van der Waals surface area contributed by atoms with E-state index in [1.54, 1.807) is 12.1 Å². The maximum absolute atomic E-state index is 13.5. The minimum Gasteiger partial charge on any atom is -0.382 e. The predicted molar refractivity (Wildman–Crippen MR) is 121 cm³/mol. The van der Waals surface area contributed by atoms with Gasteiger partial charge in [0.25, 0.3) is 0 Å². The highest BCUT2D eigenvalue weighted by Crippen LogP contribution is 2.37. The molecular formula is C24H25FN6. The zero-order valence-electron chi connectivity index (χ0n) is 17.9. The molecule has 158 valence electrons. The number of nitrogens with zero attached hydrogens (tertiary/aromatic N) is 5. The molecule has 5 rings (SSSR count). The molecule has 31 heavy (non-hydrogen) atoms. The minimum absolute atomic E-state index is 0.264. The maximum atomic E-state index is 13.5. The third kappa shape index (κ3) is 3.21. The van der Waals surface area contributed by atoms with E-state index in [0.717, 1.165) is 52.5 Å². The number of rotatable bonds is 4. The lowest BCUT2D eigenvalue weighted by atomic mass is 9.90. The van der Waals surface area contributed by atoms with Crippen LogP contribution < -0.4 is 5.73 Å². The lowest BCUT2D eigenvalue weighted by Gasteiger charge is -2.20. The summed E-state index contributed by atoms with van der Waals surface area (Å²) in [6.45, 7) is 6.87. The summed E-state index contributed by atoms with van der Waals surface area (Å²) in [6.07, 6.45) is 5.95. The summed E-state index contributed by atoms with van der Waals surface area (Å²) in [5, 5.41) is 4.66. The number of anilines is 1. The third-order valence-corrected chi connectivity index (χ3v) is 5.93. The molecule has 0 fully saturated rings. The van der Waals surface area contributed by atoms with Crippen molar-refractivity contribution in [3.63, 3.8) is 0 Å². The first-order chi connectivity index (χ1) is 15.0. The van der Waals surface area contributed by atoms with E-state index in [1.807, 2.05) is 11.6 Å². The van der Waals surface area contributed by atoms with Gasteiger partial charge in [-0.25, -0.2) is 19.0 Å². The van der Waals surface area contributed by atoms with Gasteiger partial charge in [-0.3, -0.25) is 0 Å². The van der Waals surface area contributed by atoms with Crippen molar-refractivity contribution < 1.29 is 4.39 Å². The van der Waals surface area contributed by atoms with E-state index in [9.17, 15) is 4.39 Å². The molecule has 0 spiro atoms. The summed E-state index contributed by atoms with van der Waals surface area (Å²) < 4.78 is 17.6. The van der Waals surface area contributed by atoms with Gasteiger partial charge in [0.15, 0.2) is 5.82 Å². The molecule has 7 heteroatoms. The van der Waals surface area contributed by atoms with E-state index >= 15 is 0 Å². The molecule has 0 saturated heterocycles.